The van der Waals surface area contributed by atoms with Crippen LogP contribution in [0.25, 0.3) is 0 Å². The van der Waals surface area contributed by atoms with Gasteiger partial charge >= 0.3 is 17.6 Å². The molecule has 196 valence electrons. The number of carbonyl (C=O) groups excluding carboxylic acids is 2. The van der Waals surface area contributed by atoms with Gasteiger partial charge in [0.25, 0.3) is 0 Å². The molecule has 0 bridgehead atoms. The Morgan fingerprint density at radius 3 is 2.56 bits per heavy atom. The first-order valence-corrected chi connectivity index (χ1v) is 13.8. The molecule has 7 heteroatoms. The van der Waals surface area contributed by atoms with Crippen LogP contribution in [0.4, 0.5) is 0 Å². The summed E-state index contributed by atoms with van der Waals surface area (Å²) in [5, 5.41) is 0. The minimum absolute atomic E-state index is 0.0426. The highest BCUT2D eigenvalue weighted by Gasteiger charge is 2.84. The molecule has 9 unspecified atom stereocenters. The van der Waals surface area contributed by atoms with E-state index in [9.17, 15) is 14.4 Å². The zero-order chi connectivity index (χ0) is 25.5. The fourth-order valence-electron chi connectivity index (χ4n) is 9.46. The quantitative estimate of drug-likeness (QED) is 0.436. The van der Waals surface area contributed by atoms with Crippen molar-refractivity contribution in [3.05, 3.63) is 34.4 Å². The van der Waals surface area contributed by atoms with Crippen molar-refractivity contribution >= 4 is 11.9 Å². The second-order valence-corrected chi connectivity index (χ2v) is 12.5. The van der Waals surface area contributed by atoms with Crippen molar-refractivity contribution in [2.75, 3.05) is 0 Å². The molecule has 1 aromatic heterocycles. The Hall–Kier alpha value is -2.15. The maximum absolute atomic E-state index is 12.2. The van der Waals surface area contributed by atoms with Crippen molar-refractivity contribution < 1.29 is 28.2 Å². The van der Waals surface area contributed by atoms with Gasteiger partial charge in [-0.2, -0.15) is 0 Å². The zero-order valence-corrected chi connectivity index (χ0v) is 21.8. The Labute approximate surface area is 212 Å². The van der Waals surface area contributed by atoms with Crippen LogP contribution in [0.5, 0.6) is 0 Å². The topological polar surface area (TPSA) is 95.3 Å². The van der Waals surface area contributed by atoms with Crippen molar-refractivity contribution in [2.24, 2.45) is 28.6 Å². The van der Waals surface area contributed by atoms with Gasteiger partial charge in [-0.15, -0.1) is 0 Å². The Bertz CT molecular complexity index is 1110. The molecule has 0 N–H and O–H groups in total. The molecule has 0 aromatic carbocycles. The molecule has 6 rings (SSSR count). The van der Waals surface area contributed by atoms with E-state index in [1.807, 2.05) is 13.0 Å². The van der Waals surface area contributed by atoms with Crippen LogP contribution in [0.2, 0.25) is 0 Å². The minimum Gasteiger partial charge on any atom is -0.462 e. The summed E-state index contributed by atoms with van der Waals surface area (Å²) < 4.78 is 23.7. The number of esters is 2. The van der Waals surface area contributed by atoms with E-state index >= 15 is 0 Å². The molecule has 7 nitrogen and oxygen atoms in total. The van der Waals surface area contributed by atoms with Gasteiger partial charge in [0.05, 0.1) is 6.26 Å². The monoisotopic (exact) mass is 498 g/mol. The molecule has 5 fully saturated rings. The number of fused-ring (bicyclic) bond motifs is 3. The number of rotatable bonds is 4. The first-order chi connectivity index (χ1) is 17.1. The minimum atomic E-state index is -0.381. The lowest BCUT2D eigenvalue weighted by molar-refractivity contribution is -0.168. The summed E-state index contributed by atoms with van der Waals surface area (Å²) in [6.07, 6.45) is 8.73. The Kier molecular flexibility index (Phi) is 5.50. The molecule has 1 spiro atoms. The maximum Gasteiger partial charge on any atom is 0.335 e. The highest BCUT2D eigenvalue weighted by Crippen LogP contribution is 2.78. The van der Waals surface area contributed by atoms with Crippen molar-refractivity contribution in [3.63, 3.8) is 0 Å². The van der Waals surface area contributed by atoms with Crippen molar-refractivity contribution in [3.8, 4) is 0 Å². The summed E-state index contributed by atoms with van der Waals surface area (Å²) in [6.45, 7) is 8.08. The van der Waals surface area contributed by atoms with E-state index in [-0.39, 0.29) is 58.2 Å². The average molecular weight is 499 g/mol. The molecular formula is C29H38O7. The van der Waals surface area contributed by atoms with Gasteiger partial charge in [0.2, 0.25) is 0 Å². The second-order valence-electron chi connectivity index (χ2n) is 12.5. The van der Waals surface area contributed by atoms with E-state index in [1.165, 1.54) is 13.0 Å². The van der Waals surface area contributed by atoms with Crippen LogP contribution in [0.3, 0.4) is 0 Å². The third-order valence-electron chi connectivity index (χ3n) is 11.0. The molecule has 10 atom stereocenters. The van der Waals surface area contributed by atoms with E-state index in [1.54, 1.807) is 6.26 Å². The van der Waals surface area contributed by atoms with E-state index in [4.69, 9.17) is 18.6 Å². The molecule has 1 saturated heterocycles. The van der Waals surface area contributed by atoms with E-state index < -0.39 is 0 Å². The SMILES string of the molecule is CCC(=O)OC1CCC2(C)C(CCC3C2CCC2(C)C(c4ccc(=O)oc4)C(OC(C)=O)C4O[C@]342)C1. The highest BCUT2D eigenvalue weighted by atomic mass is 16.7. The van der Waals surface area contributed by atoms with Gasteiger partial charge < -0.3 is 18.6 Å². The first kappa shape index (κ1) is 24.2. The molecular weight excluding hydrogens is 460 g/mol. The van der Waals surface area contributed by atoms with E-state index in [0.717, 1.165) is 50.5 Å². The van der Waals surface area contributed by atoms with Crippen LogP contribution >= 0.6 is 0 Å². The number of epoxide rings is 1. The van der Waals surface area contributed by atoms with Crippen LogP contribution < -0.4 is 5.63 Å². The van der Waals surface area contributed by atoms with Gasteiger partial charge in [-0.25, -0.2) is 4.79 Å². The third kappa shape index (κ3) is 3.23. The molecule has 4 aliphatic carbocycles. The van der Waals surface area contributed by atoms with Crippen LogP contribution in [0, 0.1) is 28.6 Å². The van der Waals surface area contributed by atoms with Gasteiger partial charge in [-0.1, -0.05) is 20.8 Å². The first-order valence-electron chi connectivity index (χ1n) is 13.8. The van der Waals surface area contributed by atoms with Gasteiger partial charge in [0.1, 0.15) is 23.9 Å². The molecule has 5 aliphatic rings. The molecule has 1 aromatic rings. The molecule has 4 saturated carbocycles. The summed E-state index contributed by atoms with van der Waals surface area (Å²) in [4.78, 5) is 35.8. The molecule has 36 heavy (non-hydrogen) atoms. The van der Waals surface area contributed by atoms with Crippen molar-refractivity contribution in [2.45, 2.75) is 109 Å². The Balaban J connectivity index is 1.32. The normalized spacial score (nSPS) is 46.5. The van der Waals surface area contributed by atoms with E-state index in [2.05, 4.69) is 13.8 Å². The van der Waals surface area contributed by atoms with Gasteiger partial charge in [-0.05, 0) is 79.7 Å². The molecule has 0 radical (unpaired) electrons. The lowest BCUT2D eigenvalue weighted by atomic mass is 9.44. The average Bonchev–Trinajstić information content (AvgIpc) is 3.54. The van der Waals surface area contributed by atoms with Crippen LogP contribution in [-0.4, -0.2) is 35.9 Å². The van der Waals surface area contributed by atoms with Crippen LogP contribution in [0.1, 0.15) is 90.5 Å². The number of carbonyl (C=O) groups is 2. The predicted octanol–water partition coefficient (Wildman–Crippen LogP) is 4.76. The summed E-state index contributed by atoms with van der Waals surface area (Å²) in [5.74, 6) is 1.01. The standard InChI is InChI=1S/C29H38O7/c1-5-22(31)35-19-10-12-27(3)18(14-19)7-8-21-20(27)11-13-28(4)24(17-6-9-23(32)33-15-17)25(34-16(2)30)26-29(21,28)36-26/h6,9,15,18-21,24-26H,5,7-8,10-14H2,1-4H3/t18?,19?,20?,21?,24?,25?,26?,27?,28?,29-/m1/s1. The largest absolute Gasteiger partial charge is 0.462 e. The van der Waals surface area contributed by atoms with Gasteiger partial charge in [0.15, 0.2) is 0 Å². The summed E-state index contributed by atoms with van der Waals surface area (Å²) in [7, 11) is 0. The van der Waals surface area contributed by atoms with Crippen molar-refractivity contribution in [1.82, 2.24) is 0 Å². The number of hydrogen-bond donors (Lipinski definition) is 0. The fraction of sp³-hybridized carbons (Fsp3) is 0.759. The van der Waals surface area contributed by atoms with Gasteiger partial charge in [0, 0.05) is 30.7 Å². The smallest absolute Gasteiger partial charge is 0.335 e. The number of ether oxygens (including phenoxy) is 3. The van der Waals surface area contributed by atoms with Crippen molar-refractivity contribution in [1.29, 1.82) is 0 Å². The number of hydrogen-bond acceptors (Lipinski definition) is 7. The predicted molar refractivity (Wildman–Crippen MR) is 130 cm³/mol. The summed E-state index contributed by atoms with van der Waals surface area (Å²) in [5.41, 5.74) is 0.193. The van der Waals surface area contributed by atoms with Crippen LogP contribution in [-0.2, 0) is 23.8 Å². The lowest BCUT2D eigenvalue weighted by Crippen LogP contribution is -2.58. The Morgan fingerprint density at radius 1 is 1.06 bits per heavy atom. The molecule has 1 aliphatic heterocycles. The summed E-state index contributed by atoms with van der Waals surface area (Å²) >= 11 is 0. The third-order valence-corrected chi connectivity index (χ3v) is 11.0. The van der Waals surface area contributed by atoms with E-state index in [0.29, 0.717) is 24.2 Å². The molecule has 0 amide bonds. The fourth-order valence-corrected chi connectivity index (χ4v) is 9.46. The zero-order valence-electron chi connectivity index (χ0n) is 21.8. The molecule has 2 heterocycles. The second kappa shape index (κ2) is 8.17. The Morgan fingerprint density at radius 2 is 1.86 bits per heavy atom. The summed E-state index contributed by atoms with van der Waals surface area (Å²) in [6, 6.07) is 3.29. The van der Waals surface area contributed by atoms with Gasteiger partial charge in [-0.3, -0.25) is 9.59 Å². The van der Waals surface area contributed by atoms with Crippen LogP contribution in [0.15, 0.2) is 27.6 Å². The highest BCUT2D eigenvalue weighted by molar-refractivity contribution is 5.69. The maximum atomic E-state index is 12.2. The lowest BCUT2D eigenvalue weighted by Gasteiger charge is -2.61.